The van der Waals surface area contributed by atoms with Crippen molar-refractivity contribution < 1.29 is 13.6 Å². The van der Waals surface area contributed by atoms with Crippen molar-refractivity contribution in [2.75, 3.05) is 6.54 Å². The van der Waals surface area contributed by atoms with Gasteiger partial charge in [0.1, 0.15) is 0 Å². The van der Waals surface area contributed by atoms with Gasteiger partial charge in [0.05, 0.1) is 5.41 Å². The molecule has 0 bridgehead atoms. The van der Waals surface area contributed by atoms with E-state index in [0.29, 0.717) is 5.56 Å². The molecule has 0 fully saturated rings. The van der Waals surface area contributed by atoms with E-state index >= 15 is 0 Å². The Morgan fingerprint density at radius 3 is 2.29 bits per heavy atom. The second kappa shape index (κ2) is 8.08. The molecule has 0 aliphatic heterocycles. The molecule has 0 unspecified atom stereocenters. The Balaban J connectivity index is 2.74. The summed E-state index contributed by atoms with van der Waals surface area (Å²) in [7, 11) is 0. The molecule has 5 heteroatoms. The molecule has 0 heterocycles. The second-order valence-corrected chi connectivity index (χ2v) is 5.42. The minimum absolute atomic E-state index is 0.113. The van der Waals surface area contributed by atoms with Crippen LogP contribution >= 0.6 is 0 Å². The maximum absolute atomic E-state index is 13.1. The Hall–Kier alpha value is -1.49. The van der Waals surface area contributed by atoms with Crippen LogP contribution in [0.15, 0.2) is 18.2 Å². The van der Waals surface area contributed by atoms with Crippen molar-refractivity contribution in [1.29, 1.82) is 0 Å². The average molecular weight is 298 g/mol. The van der Waals surface area contributed by atoms with E-state index in [1.165, 1.54) is 6.07 Å². The normalized spacial score (nSPS) is 11.5. The summed E-state index contributed by atoms with van der Waals surface area (Å²) < 4.78 is 26.0. The third kappa shape index (κ3) is 4.49. The molecule has 0 spiro atoms. The summed E-state index contributed by atoms with van der Waals surface area (Å²) in [6.45, 7) is 4.49. The topological polar surface area (TPSA) is 55.1 Å². The van der Waals surface area contributed by atoms with Crippen LogP contribution < -0.4 is 11.1 Å². The first-order valence-corrected chi connectivity index (χ1v) is 7.41. The van der Waals surface area contributed by atoms with Crippen molar-refractivity contribution in [1.82, 2.24) is 5.32 Å². The van der Waals surface area contributed by atoms with E-state index in [1.54, 1.807) is 0 Å². The number of hydrogen-bond donors (Lipinski definition) is 2. The van der Waals surface area contributed by atoms with Crippen molar-refractivity contribution in [3.63, 3.8) is 0 Å². The Morgan fingerprint density at radius 1 is 1.19 bits per heavy atom. The Labute approximate surface area is 124 Å². The maximum atomic E-state index is 13.1. The number of benzene rings is 1. The number of nitrogens with one attached hydrogen (secondary N) is 1. The van der Waals surface area contributed by atoms with Crippen molar-refractivity contribution >= 4 is 5.91 Å². The fourth-order valence-electron chi connectivity index (χ4n) is 2.63. The zero-order chi connectivity index (χ0) is 15.9. The lowest BCUT2D eigenvalue weighted by atomic mass is 9.78. The highest BCUT2D eigenvalue weighted by atomic mass is 19.2. The fraction of sp³-hybridized carbons (Fsp3) is 0.562. The molecule has 1 rings (SSSR count). The van der Waals surface area contributed by atoms with Gasteiger partial charge in [-0.1, -0.05) is 32.8 Å². The molecular formula is C16H24F2N2O. The van der Waals surface area contributed by atoms with Crippen LogP contribution in [0.2, 0.25) is 0 Å². The zero-order valence-electron chi connectivity index (χ0n) is 12.7. The number of amides is 1. The summed E-state index contributed by atoms with van der Waals surface area (Å²) in [5, 5.41) is 2.80. The van der Waals surface area contributed by atoms with Crippen molar-refractivity contribution in [2.24, 2.45) is 11.1 Å². The van der Waals surface area contributed by atoms with Crippen LogP contribution in [-0.4, -0.2) is 12.5 Å². The Kier molecular flexibility index (Phi) is 6.75. The molecule has 0 saturated carbocycles. The van der Waals surface area contributed by atoms with Gasteiger partial charge in [0.2, 0.25) is 5.91 Å². The Bertz CT molecular complexity index is 471. The van der Waals surface area contributed by atoms with E-state index in [2.05, 4.69) is 5.32 Å². The van der Waals surface area contributed by atoms with E-state index in [0.717, 1.165) is 37.8 Å². The van der Waals surface area contributed by atoms with Gasteiger partial charge >= 0.3 is 0 Å². The number of carbonyl (C=O) groups excluding carboxylic acids is 1. The molecule has 0 aliphatic rings. The largest absolute Gasteiger partial charge is 0.352 e. The van der Waals surface area contributed by atoms with Crippen LogP contribution in [0.3, 0.4) is 0 Å². The highest BCUT2D eigenvalue weighted by molar-refractivity contribution is 5.82. The van der Waals surface area contributed by atoms with Crippen molar-refractivity contribution in [3.05, 3.63) is 35.4 Å². The number of carbonyl (C=O) groups is 1. The molecule has 3 N–H and O–H groups in total. The third-order valence-corrected chi connectivity index (χ3v) is 3.77. The van der Waals surface area contributed by atoms with Crippen LogP contribution in [0.25, 0.3) is 0 Å². The minimum atomic E-state index is -0.908. The molecule has 3 nitrogen and oxygen atoms in total. The highest BCUT2D eigenvalue weighted by Crippen LogP contribution is 2.29. The van der Waals surface area contributed by atoms with Gasteiger partial charge in [-0.3, -0.25) is 4.79 Å². The highest BCUT2D eigenvalue weighted by Gasteiger charge is 2.34. The maximum Gasteiger partial charge on any atom is 0.227 e. The van der Waals surface area contributed by atoms with E-state index in [9.17, 15) is 13.6 Å². The van der Waals surface area contributed by atoms with E-state index in [4.69, 9.17) is 5.73 Å². The minimum Gasteiger partial charge on any atom is -0.352 e. The van der Waals surface area contributed by atoms with E-state index in [-0.39, 0.29) is 19.0 Å². The van der Waals surface area contributed by atoms with Gasteiger partial charge in [-0.05, 0) is 30.5 Å². The molecule has 1 aromatic carbocycles. The summed E-state index contributed by atoms with van der Waals surface area (Å²) >= 11 is 0. The first-order valence-electron chi connectivity index (χ1n) is 7.41. The zero-order valence-corrected chi connectivity index (χ0v) is 12.7. The lowest BCUT2D eigenvalue weighted by Gasteiger charge is -2.30. The predicted molar refractivity (Wildman–Crippen MR) is 79.5 cm³/mol. The summed E-state index contributed by atoms with van der Waals surface area (Å²) in [5.41, 5.74) is 5.78. The summed E-state index contributed by atoms with van der Waals surface area (Å²) in [6.07, 6.45) is 3.19. The lowest BCUT2D eigenvalue weighted by molar-refractivity contribution is -0.131. The van der Waals surface area contributed by atoms with E-state index in [1.807, 2.05) is 13.8 Å². The van der Waals surface area contributed by atoms with Gasteiger partial charge in [-0.2, -0.15) is 0 Å². The van der Waals surface area contributed by atoms with Crippen LogP contribution in [0, 0.1) is 17.0 Å². The first kappa shape index (κ1) is 17.6. The van der Waals surface area contributed by atoms with Crippen molar-refractivity contribution in [3.8, 4) is 0 Å². The fourth-order valence-corrected chi connectivity index (χ4v) is 2.63. The molecule has 0 aliphatic carbocycles. The molecule has 0 atom stereocenters. The SMILES string of the molecule is CCCC(CN)(CCC)C(=O)NCc1ccc(F)c(F)c1. The van der Waals surface area contributed by atoms with Crippen molar-refractivity contribution in [2.45, 2.75) is 46.1 Å². The lowest BCUT2D eigenvalue weighted by Crippen LogP contribution is -2.45. The first-order chi connectivity index (χ1) is 9.99. The van der Waals surface area contributed by atoms with Gasteiger partial charge in [0.25, 0.3) is 0 Å². The summed E-state index contributed by atoms with van der Waals surface area (Å²) in [4.78, 5) is 12.4. The van der Waals surface area contributed by atoms with Gasteiger partial charge in [-0.25, -0.2) is 8.78 Å². The molecule has 0 aromatic heterocycles. The van der Waals surface area contributed by atoms with E-state index < -0.39 is 17.0 Å². The molecule has 0 radical (unpaired) electrons. The van der Waals surface area contributed by atoms with Crippen LogP contribution in [-0.2, 0) is 11.3 Å². The monoisotopic (exact) mass is 298 g/mol. The number of nitrogens with two attached hydrogens (primary N) is 1. The van der Waals surface area contributed by atoms with Crippen LogP contribution in [0.5, 0.6) is 0 Å². The van der Waals surface area contributed by atoms with Gasteiger partial charge < -0.3 is 11.1 Å². The summed E-state index contributed by atoms with van der Waals surface area (Å²) in [6, 6.07) is 3.62. The number of hydrogen-bond acceptors (Lipinski definition) is 2. The van der Waals surface area contributed by atoms with Gasteiger partial charge in [-0.15, -0.1) is 0 Å². The van der Waals surface area contributed by atoms with Gasteiger partial charge in [0.15, 0.2) is 11.6 Å². The summed E-state index contributed by atoms with van der Waals surface area (Å²) in [5.74, 6) is -1.91. The number of halogens is 2. The third-order valence-electron chi connectivity index (χ3n) is 3.77. The Morgan fingerprint density at radius 2 is 1.81 bits per heavy atom. The molecule has 1 amide bonds. The molecule has 0 saturated heterocycles. The average Bonchev–Trinajstić information content (AvgIpc) is 2.47. The molecular weight excluding hydrogens is 274 g/mol. The molecule has 1 aromatic rings. The predicted octanol–water partition coefficient (Wildman–Crippen LogP) is 3.13. The van der Waals surface area contributed by atoms with Crippen LogP contribution in [0.1, 0.15) is 45.1 Å². The van der Waals surface area contributed by atoms with Crippen LogP contribution in [0.4, 0.5) is 8.78 Å². The second-order valence-electron chi connectivity index (χ2n) is 5.42. The smallest absolute Gasteiger partial charge is 0.227 e. The van der Waals surface area contributed by atoms with Gasteiger partial charge in [0, 0.05) is 13.1 Å². The standard InChI is InChI=1S/C16H24F2N2O/c1-3-7-16(11-19,8-4-2)15(21)20-10-12-5-6-13(17)14(18)9-12/h5-6,9H,3-4,7-8,10-11,19H2,1-2H3,(H,20,21). The number of rotatable bonds is 8. The molecule has 21 heavy (non-hydrogen) atoms. The molecule has 118 valence electrons. The quantitative estimate of drug-likeness (QED) is 0.774.